The molecule has 1 aliphatic carbocycles. The fourth-order valence-corrected chi connectivity index (χ4v) is 4.04. The predicted octanol–water partition coefficient (Wildman–Crippen LogP) is 2.79. The lowest BCUT2D eigenvalue weighted by molar-refractivity contribution is -0.139. The molecule has 2 heterocycles. The molecule has 1 saturated heterocycles. The first kappa shape index (κ1) is 19.6. The van der Waals surface area contributed by atoms with Gasteiger partial charge in [-0.25, -0.2) is 0 Å². The minimum atomic E-state index is -0.0782. The Morgan fingerprint density at radius 2 is 2.11 bits per heavy atom. The lowest BCUT2D eigenvalue weighted by Gasteiger charge is -2.35. The second-order valence-corrected chi connectivity index (χ2v) is 7.72. The second-order valence-electron chi connectivity index (χ2n) is 7.72. The molecule has 1 atom stereocenters. The first-order valence-electron chi connectivity index (χ1n) is 10.3. The Balaban J connectivity index is 1.35. The standard InChI is InChI=1S/C21H31N3O3/c25-20-10-9-18(16-24(20)15-17-6-2-1-3-7-17)21(26)23-12-5-13-27-19-8-4-11-22-14-19/h4,8,11,14,17-18H,1-3,5-7,9-10,12-13,15-16H2,(H,23,26). The molecule has 1 aromatic heterocycles. The van der Waals surface area contributed by atoms with Gasteiger partial charge >= 0.3 is 0 Å². The summed E-state index contributed by atoms with van der Waals surface area (Å²) in [6.07, 6.45) is 11.6. The number of aromatic nitrogens is 1. The second kappa shape index (κ2) is 10.3. The number of pyridine rings is 1. The van der Waals surface area contributed by atoms with Crippen LogP contribution >= 0.6 is 0 Å². The van der Waals surface area contributed by atoms with Gasteiger partial charge in [0.05, 0.1) is 18.7 Å². The molecule has 3 rings (SSSR count). The number of ether oxygens (including phenoxy) is 1. The average Bonchev–Trinajstić information content (AvgIpc) is 2.71. The lowest BCUT2D eigenvalue weighted by atomic mass is 9.87. The number of rotatable bonds is 8. The van der Waals surface area contributed by atoms with E-state index in [2.05, 4.69) is 10.3 Å². The number of carbonyl (C=O) groups is 2. The fraction of sp³-hybridized carbons (Fsp3) is 0.667. The fourth-order valence-electron chi connectivity index (χ4n) is 4.04. The van der Waals surface area contributed by atoms with E-state index < -0.39 is 0 Å². The third-order valence-corrected chi connectivity index (χ3v) is 5.60. The first-order valence-corrected chi connectivity index (χ1v) is 10.3. The van der Waals surface area contributed by atoms with E-state index in [1.165, 1.54) is 32.1 Å². The zero-order chi connectivity index (χ0) is 18.9. The van der Waals surface area contributed by atoms with Gasteiger partial charge in [-0.1, -0.05) is 19.3 Å². The minimum Gasteiger partial charge on any atom is -0.492 e. The number of likely N-dealkylation sites (tertiary alicyclic amines) is 1. The Kier molecular flexibility index (Phi) is 7.48. The Morgan fingerprint density at radius 3 is 2.89 bits per heavy atom. The number of piperidine rings is 1. The third-order valence-electron chi connectivity index (χ3n) is 5.60. The number of hydrogen-bond donors (Lipinski definition) is 1. The summed E-state index contributed by atoms with van der Waals surface area (Å²) >= 11 is 0. The quantitative estimate of drug-likeness (QED) is 0.711. The molecule has 2 fully saturated rings. The summed E-state index contributed by atoms with van der Waals surface area (Å²) in [4.78, 5) is 30.7. The first-order chi connectivity index (χ1) is 13.2. The van der Waals surface area contributed by atoms with Crippen molar-refractivity contribution >= 4 is 11.8 Å². The molecule has 1 aliphatic heterocycles. The van der Waals surface area contributed by atoms with Crippen LogP contribution in [0.1, 0.15) is 51.4 Å². The van der Waals surface area contributed by atoms with Crippen molar-refractivity contribution in [1.29, 1.82) is 0 Å². The van der Waals surface area contributed by atoms with Gasteiger partial charge in [0.1, 0.15) is 5.75 Å². The molecule has 1 N–H and O–H groups in total. The van der Waals surface area contributed by atoms with Gasteiger partial charge < -0.3 is 15.0 Å². The van der Waals surface area contributed by atoms with E-state index >= 15 is 0 Å². The Hall–Kier alpha value is -2.11. The minimum absolute atomic E-state index is 0.0671. The molecule has 1 saturated carbocycles. The lowest BCUT2D eigenvalue weighted by Crippen LogP contribution is -2.47. The summed E-state index contributed by atoms with van der Waals surface area (Å²) in [7, 11) is 0. The Morgan fingerprint density at radius 1 is 1.26 bits per heavy atom. The maximum absolute atomic E-state index is 12.5. The van der Waals surface area contributed by atoms with Gasteiger partial charge in [0.25, 0.3) is 0 Å². The summed E-state index contributed by atoms with van der Waals surface area (Å²) in [5.74, 6) is 1.57. The van der Waals surface area contributed by atoms with Crippen molar-refractivity contribution in [1.82, 2.24) is 15.2 Å². The maximum atomic E-state index is 12.5. The Bertz CT molecular complexity index is 602. The van der Waals surface area contributed by atoms with E-state index in [1.807, 2.05) is 17.0 Å². The molecule has 0 bridgehead atoms. The van der Waals surface area contributed by atoms with Gasteiger partial charge in [-0.05, 0) is 43.7 Å². The summed E-state index contributed by atoms with van der Waals surface area (Å²) in [5, 5.41) is 3.01. The molecule has 1 aromatic rings. The SMILES string of the molecule is O=C(NCCCOc1cccnc1)C1CCC(=O)N(CC2CCCCC2)C1. The van der Waals surface area contributed by atoms with Gasteiger partial charge in [-0.2, -0.15) is 0 Å². The molecule has 1 unspecified atom stereocenters. The van der Waals surface area contributed by atoms with E-state index in [0.29, 0.717) is 38.5 Å². The van der Waals surface area contributed by atoms with Crippen molar-refractivity contribution in [3.05, 3.63) is 24.5 Å². The van der Waals surface area contributed by atoms with Gasteiger partial charge in [0.15, 0.2) is 0 Å². The highest BCUT2D eigenvalue weighted by atomic mass is 16.5. The molecule has 2 aliphatic rings. The smallest absolute Gasteiger partial charge is 0.224 e. The molecule has 0 spiro atoms. The van der Waals surface area contributed by atoms with Gasteiger partial charge in [-0.15, -0.1) is 0 Å². The highest BCUT2D eigenvalue weighted by Gasteiger charge is 2.31. The predicted molar refractivity (Wildman–Crippen MR) is 103 cm³/mol. The number of amides is 2. The van der Waals surface area contributed by atoms with E-state index in [9.17, 15) is 9.59 Å². The van der Waals surface area contributed by atoms with Crippen molar-refractivity contribution in [3.63, 3.8) is 0 Å². The van der Waals surface area contributed by atoms with Crippen molar-refractivity contribution in [2.24, 2.45) is 11.8 Å². The molecular weight excluding hydrogens is 342 g/mol. The molecule has 27 heavy (non-hydrogen) atoms. The van der Waals surface area contributed by atoms with Crippen LogP contribution in [0, 0.1) is 11.8 Å². The Labute approximate surface area is 161 Å². The van der Waals surface area contributed by atoms with E-state index in [4.69, 9.17) is 4.74 Å². The van der Waals surface area contributed by atoms with Crippen LogP contribution in [0.2, 0.25) is 0 Å². The highest BCUT2D eigenvalue weighted by molar-refractivity contribution is 5.83. The number of nitrogens with one attached hydrogen (secondary N) is 1. The van der Waals surface area contributed by atoms with Crippen LogP contribution in [-0.2, 0) is 9.59 Å². The molecular formula is C21H31N3O3. The average molecular weight is 373 g/mol. The highest BCUT2D eigenvalue weighted by Crippen LogP contribution is 2.27. The molecule has 0 aromatic carbocycles. The molecule has 0 radical (unpaired) electrons. The molecule has 6 heteroatoms. The topological polar surface area (TPSA) is 71.5 Å². The van der Waals surface area contributed by atoms with Gasteiger partial charge in [0, 0.05) is 32.3 Å². The summed E-state index contributed by atoms with van der Waals surface area (Å²) in [5.41, 5.74) is 0. The summed E-state index contributed by atoms with van der Waals surface area (Å²) in [6.45, 7) is 2.55. The van der Waals surface area contributed by atoms with Crippen LogP contribution in [0.15, 0.2) is 24.5 Å². The van der Waals surface area contributed by atoms with E-state index in [1.54, 1.807) is 12.4 Å². The van der Waals surface area contributed by atoms with Crippen LogP contribution in [0.5, 0.6) is 5.75 Å². The van der Waals surface area contributed by atoms with Crippen molar-refractivity contribution < 1.29 is 14.3 Å². The third kappa shape index (κ3) is 6.22. The van der Waals surface area contributed by atoms with Crippen LogP contribution in [0.25, 0.3) is 0 Å². The molecule has 148 valence electrons. The van der Waals surface area contributed by atoms with Gasteiger partial charge in [-0.3, -0.25) is 14.6 Å². The normalized spacial score (nSPS) is 21.1. The molecule has 6 nitrogen and oxygen atoms in total. The number of nitrogens with zero attached hydrogens (tertiary/aromatic N) is 2. The maximum Gasteiger partial charge on any atom is 0.224 e. The van der Waals surface area contributed by atoms with Crippen molar-refractivity contribution in [3.8, 4) is 5.75 Å². The summed E-state index contributed by atoms with van der Waals surface area (Å²) in [6, 6.07) is 3.70. The zero-order valence-corrected chi connectivity index (χ0v) is 16.1. The van der Waals surface area contributed by atoms with Crippen molar-refractivity contribution in [2.45, 2.75) is 51.4 Å². The van der Waals surface area contributed by atoms with Crippen molar-refractivity contribution in [2.75, 3.05) is 26.2 Å². The number of carbonyl (C=O) groups excluding carboxylic acids is 2. The monoisotopic (exact) mass is 373 g/mol. The van der Waals surface area contributed by atoms with E-state index in [0.717, 1.165) is 18.7 Å². The largest absolute Gasteiger partial charge is 0.492 e. The van der Waals surface area contributed by atoms with Gasteiger partial charge in [0.2, 0.25) is 11.8 Å². The number of hydrogen-bond acceptors (Lipinski definition) is 4. The van der Waals surface area contributed by atoms with Crippen LogP contribution in [0.4, 0.5) is 0 Å². The van der Waals surface area contributed by atoms with Crippen LogP contribution < -0.4 is 10.1 Å². The zero-order valence-electron chi connectivity index (χ0n) is 16.1. The van der Waals surface area contributed by atoms with Crippen LogP contribution in [0.3, 0.4) is 0 Å². The molecule has 2 amide bonds. The van der Waals surface area contributed by atoms with Crippen LogP contribution in [-0.4, -0.2) is 47.9 Å². The van der Waals surface area contributed by atoms with E-state index in [-0.39, 0.29) is 17.7 Å². The summed E-state index contributed by atoms with van der Waals surface area (Å²) < 4.78 is 5.58.